The second-order valence-corrected chi connectivity index (χ2v) is 9.25. The number of ether oxygens (including phenoxy) is 3. The zero-order chi connectivity index (χ0) is 23.9. The number of amides is 2. The summed E-state index contributed by atoms with van der Waals surface area (Å²) >= 11 is 1.60. The number of hydrogen-bond donors (Lipinski definition) is 1. The number of nitrogens with zero attached hydrogens (tertiary/aromatic N) is 2. The van der Waals surface area contributed by atoms with Crippen molar-refractivity contribution in [2.75, 3.05) is 59.4 Å². The fourth-order valence-corrected chi connectivity index (χ4v) is 5.66. The number of carbonyl (C=O) groups is 2. The summed E-state index contributed by atoms with van der Waals surface area (Å²) in [6.45, 7) is 4.48. The van der Waals surface area contributed by atoms with Crippen LogP contribution in [-0.2, 0) is 9.53 Å². The van der Waals surface area contributed by atoms with Crippen LogP contribution in [0.25, 0.3) is 0 Å². The monoisotopic (exact) mass is 485 g/mol. The smallest absolute Gasteiger partial charge is 0.255 e. The molecule has 2 saturated heterocycles. The van der Waals surface area contributed by atoms with Crippen molar-refractivity contribution in [1.82, 2.24) is 15.1 Å². The summed E-state index contributed by atoms with van der Waals surface area (Å²) in [7, 11) is 3.09. The van der Waals surface area contributed by atoms with Crippen molar-refractivity contribution >= 4 is 23.6 Å². The normalized spacial score (nSPS) is 20.7. The molecule has 182 valence electrons. The van der Waals surface area contributed by atoms with Crippen LogP contribution in [0.1, 0.15) is 21.3 Å². The molecule has 0 spiro atoms. The fourth-order valence-electron chi connectivity index (χ4n) is 4.23. The number of methoxy groups -OCH3 is 2. The number of benzene rings is 2. The van der Waals surface area contributed by atoms with Gasteiger partial charge in [0.05, 0.1) is 27.4 Å². The molecule has 2 fully saturated rings. The summed E-state index contributed by atoms with van der Waals surface area (Å²) in [6.07, 6.45) is 0. The van der Waals surface area contributed by atoms with Gasteiger partial charge in [-0.15, -0.1) is 11.8 Å². The summed E-state index contributed by atoms with van der Waals surface area (Å²) in [5.41, 5.74) is 1.44. The van der Waals surface area contributed by atoms with Gasteiger partial charge in [-0.25, -0.2) is 0 Å². The Balaban J connectivity index is 1.53. The maximum absolute atomic E-state index is 13.7. The minimum absolute atomic E-state index is 0.131. The van der Waals surface area contributed by atoms with E-state index in [0.717, 1.165) is 38.4 Å². The first-order valence-electron chi connectivity index (χ1n) is 11.4. The van der Waals surface area contributed by atoms with Gasteiger partial charge in [0, 0.05) is 37.5 Å². The standard InChI is InChI=1S/C25H31N3O5S/c1-31-21-9-8-19(16-22(21)32-2)24(30)28-20(17-34-25(28)18-6-4-3-5-7-18)23(29)26-10-11-27-12-14-33-15-13-27/h3-9,16,20,25H,10-15,17H2,1-2H3,(H,26,29)/t20-,25-/m0/s1. The quantitative estimate of drug-likeness (QED) is 0.615. The lowest BCUT2D eigenvalue weighted by molar-refractivity contribution is -0.124. The Kier molecular flexibility index (Phi) is 8.31. The first kappa shape index (κ1) is 24.4. The highest BCUT2D eigenvalue weighted by molar-refractivity contribution is 7.99. The predicted octanol–water partition coefficient (Wildman–Crippen LogP) is 2.41. The van der Waals surface area contributed by atoms with Gasteiger partial charge in [0.15, 0.2) is 11.5 Å². The molecule has 4 rings (SSSR count). The van der Waals surface area contributed by atoms with Crippen molar-refractivity contribution in [1.29, 1.82) is 0 Å². The highest BCUT2D eigenvalue weighted by Gasteiger charge is 2.42. The number of rotatable bonds is 8. The zero-order valence-corrected chi connectivity index (χ0v) is 20.4. The SMILES string of the molecule is COc1ccc(C(=O)N2[C@H](C(=O)NCCN3CCOCC3)CS[C@H]2c2ccccc2)cc1OC. The first-order valence-corrected chi connectivity index (χ1v) is 12.5. The summed E-state index contributed by atoms with van der Waals surface area (Å²) in [6, 6.07) is 14.3. The molecule has 2 amide bonds. The van der Waals surface area contributed by atoms with Crippen LogP contribution in [0, 0.1) is 0 Å². The molecule has 0 bridgehead atoms. The Morgan fingerprint density at radius 3 is 2.50 bits per heavy atom. The Morgan fingerprint density at radius 2 is 1.79 bits per heavy atom. The molecule has 0 aromatic heterocycles. The maximum atomic E-state index is 13.7. The first-order chi connectivity index (χ1) is 16.6. The molecule has 0 aliphatic carbocycles. The zero-order valence-electron chi connectivity index (χ0n) is 19.6. The van der Waals surface area contributed by atoms with E-state index in [1.807, 2.05) is 30.3 Å². The molecule has 9 heteroatoms. The molecular weight excluding hydrogens is 454 g/mol. The average Bonchev–Trinajstić information content (AvgIpc) is 3.34. The van der Waals surface area contributed by atoms with Crippen LogP contribution in [0.5, 0.6) is 11.5 Å². The number of hydrogen-bond acceptors (Lipinski definition) is 7. The molecule has 0 unspecified atom stereocenters. The Bertz CT molecular complexity index is 984. The van der Waals surface area contributed by atoms with Crippen molar-refractivity contribution in [3.05, 3.63) is 59.7 Å². The number of morpholine rings is 1. The van der Waals surface area contributed by atoms with Crippen molar-refractivity contribution in [3.8, 4) is 11.5 Å². The Hall–Kier alpha value is -2.75. The van der Waals surface area contributed by atoms with E-state index in [1.165, 1.54) is 7.11 Å². The van der Waals surface area contributed by atoms with Gasteiger partial charge in [-0.1, -0.05) is 30.3 Å². The van der Waals surface area contributed by atoms with Crippen molar-refractivity contribution in [2.24, 2.45) is 0 Å². The highest BCUT2D eigenvalue weighted by Crippen LogP contribution is 2.42. The highest BCUT2D eigenvalue weighted by atomic mass is 32.2. The van der Waals surface area contributed by atoms with Crippen molar-refractivity contribution < 1.29 is 23.8 Å². The van der Waals surface area contributed by atoms with Crippen molar-refractivity contribution in [3.63, 3.8) is 0 Å². The third kappa shape index (κ3) is 5.48. The number of carbonyl (C=O) groups excluding carboxylic acids is 2. The second kappa shape index (κ2) is 11.6. The molecule has 34 heavy (non-hydrogen) atoms. The van der Waals surface area contributed by atoms with E-state index in [2.05, 4.69) is 10.2 Å². The Labute approximate surface area is 204 Å². The van der Waals surface area contributed by atoms with Gasteiger partial charge in [0.2, 0.25) is 5.91 Å². The molecule has 2 aromatic carbocycles. The minimum atomic E-state index is -0.569. The molecule has 2 aliphatic heterocycles. The molecule has 2 atom stereocenters. The van der Waals surface area contributed by atoms with Gasteiger partial charge in [-0.3, -0.25) is 14.5 Å². The summed E-state index contributed by atoms with van der Waals surface area (Å²) in [4.78, 5) is 30.9. The van der Waals surface area contributed by atoms with E-state index >= 15 is 0 Å². The molecule has 2 aromatic rings. The topological polar surface area (TPSA) is 80.3 Å². The molecule has 1 N–H and O–H groups in total. The third-order valence-corrected chi connectivity index (χ3v) is 7.41. The Morgan fingerprint density at radius 1 is 1.06 bits per heavy atom. The average molecular weight is 486 g/mol. The van der Waals surface area contributed by atoms with E-state index < -0.39 is 6.04 Å². The number of thioether (sulfide) groups is 1. The van der Waals surface area contributed by atoms with Crippen LogP contribution in [0.2, 0.25) is 0 Å². The number of nitrogens with one attached hydrogen (secondary N) is 1. The fraction of sp³-hybridized carbons (Fsp3) is 0.440. The van der Waals surface area contributed by atoms with Gasteiger partial charge in [0.25, 0.3) is 5.91 Å². The summed E-state index contributed by atoms with van der Waals surface area (Å²) < 4.78 is 16.1. The van der Waals surface area contributed by atoms with Crippen LogP contribution in [0.4, 0.5) is 0 Å². The van der Waals surface area contributed by atoms with E-state index in [1.54, 1.807) is 42.0 Å². The largest absolute Gasteiger partial charge is 0.493 e. The van der Waals surface area contributed by atoms with E-state index in [4.69, 9.17) is 14.2 Å². The second-order valence-electron chi connectivity index (χ2n) is 8.14. The third-order valence-electron chi connectivity index (χ3n) is 6.08. The molecule has 2 heterocycles. The van der Waals surface area contributed by atoms with Gasteiger partial charge in [0.1, 0.15) is 11.4 Å². The van der Waals surface area contributed by atoms with Crippen LogP contribution in [0.15, 0.2) is 48.5 Å². The molecule has 2 aliphatic rings. The summed E-state index contributed by atoms with van der Waals surface area (Å²) in [5.74, 6) is 1.21. The van der Waals surface area contributed by atoms with Crippen LogP contribution in [-0.4, -0.2) is 87.0 Å². The van der Waals surface area contributed by atoms with Crippen LogP contribution >= 0.6 is 11.8 Å². The lowest BCUT2D eigenvalue weighted by atomic mass is 10.1. The van der Waals surface area contributed by atoms with Crippen LogP contribution in [0.3, 0.4) is 0 Å². The minimum Gasteiger partial charge on any atom is -0.493 e. The van der Waals surface area contributed by atoms with E-state index in [9.17, 15) is 9.59 Å². The molecule has 0 saturated carbocycles. The van der Waals surface area contributed by atoms with Crippen molar-refractivity contribution in [2.45, 2.75) is 11.4 Å². The summed E-state index contributed by atoms with van der Waals surface area (Å²) in [5, 5.41) is 2.79. The lowest BCUT2D eigenvalue weighted by Gasteiger charge is -2.30. The van der Waals surface area contributed by atoms with Gasteiger partial charge >= 0.3 is 0 Å². The van der Waals surface area contributed by atoms with Gasteiger partial charge < -0.3 is 24.4 Å². The van der Waals surface area contributed by atoms with Crippen LogP contribution < -0.4 is 14.8 Å². The van der Waals surface area contributed by atoms with Gasteiger partial charge in [-0.2, -0.15) is 0 Å². The van der Waals surface area contributed by atoms with E-state index in [0.29, 0.717) is 29.4 Å². The maximum Gasteiger partial charge on any atom is 0.255 e. The molecule has 0 radical (unpaired) electrons. The molecule has 8 nitrogen and oxygen atoms in total. The molecular formula is C25H31N3O5S. The van der Waals surface area contributed by atoms with E-state index in [-0.39, 0.29) is 17.2 Å². The lowest BCUT2D eigenvalue weighted by Crippen LogP contribution is -2.49. The predicted molar refractivity (Wildman–Crippen MR) is 131 cm³/mol. The van der Waals surface area contributed by atoms with Gasteiger partial charge in [-0.05, 0) is 23.8 Å².